The molecule has 1 fully saturated rings. The minimum absolute atomic E-state index is 0.0991. The third-order valence-corrected chi connectivity index (χ3v) is 3.03. The van der Waals surface area contributed by atoms with E-state index >= 15 is 0 Å². The fraction of sp³-hybridized carbons (Fsp3) is 0.500. The first-order chi connectivity index (χ1) is 7.58. The number of anilines is 1. The van der Waals surface area contributed by atoms with Gasteiger partial charge in [0.1, 0.15) is 11.7 Å². The van der Waals surface area contributed by atoms with Crippen molar-refractivity contribution in [3.63, 3.8) is 0 Å². The van der Waals surface area contributed by atoms with Gasteiger partial charge in [-0.15, -0.1) is 0 Å². The monoisotopic (exact) mass is 218 g/mol. The molecule has 0 radical (unpaired) electrons. The lowest BCUT2D eigenvalue weighted by molar-refractivity contribution is 0.658. The minimum atomic E-state index is 0.0991. The topological polar surface area (TPSA) is 66.0 Å². The molecule has 1 aromatic heterocycles. The predicted octanol–water partition coefficient (Wildman–Crippen LogP) is 1.52. The van der Waals surface area contributed by atoms with Gasteiger partial charge in [0.2, 0.25) is 0 Å². The van der Waals surface area contributed by atoms with Crippen LogP contribution in [-0.2, 0) is 0 Å². The lowest BCUT2D eigenvalue weighted by atomic mass is 10.2. The molecule has 2 heterocycles. The summed E-state index contributed by atoms with van der Waals surface area (Å²) in [5, 5.41) is 7.57. The number of nitrogens with two attached hydrogens (primary N) is 1. The van der Waals surface area contributed by atoms with E-state index in [1.807, 2.05) is 19.1 Å². The summed E-state index contributed by atoms with van der Waals surface area (Å²) in [6, 6.07) is 3.79. The van der Waals surface area contributed by atoms with Gasteiger partial charge < -0.3 is 10.6 Å². The molecule has 0 spiro atoms. The largest absolute Gasteiger partial charge is 0.384 e. The summed E-state index contributed by atoms with van der Waals surface area (Å²) in [6.45, 7) is 6.23. The normalized spacial score (nSPS) is 20.1. The first kappa shape index (κ1) is 10.9. The van der Waals surface area contributed by atoms with E-state index in [2.05, 4.69) is 16.8 Å². The minimum Gasteiger partial charge on any atom is -0.384 e. The highest BCUT2D eigenvalue weighted by molar-refractivity contribution is 5.99. The highest BCUT2D eigenvalue weighted by Crippen LogP contribution is 2.25. The zero-order valence-corrected chi connectivity index (χ0v) is 9.83. The van der Waals surface area contributed by atoms with Crippen LogP contribution in [0.4, 0.5) is 5.82 Å². The molecule has 4 nitrogen and oxygen atoms in total. The molecule has 1 aromatic rings. The summed E-state index contributed by atoms with van der Waals surface area (Å²) in [7, 11) is 0. The second-order valence-electron chi connectivity index (χ2n) is 4.58. The van der Waals surface area contributed by atoms with Crippen molar-refractivity contribution in [1.29, 1.82) is 5.41 Å². The van der Waals surface area contributed by atoms with Gasteiger partial charge in [0.15, 0.2) is 0 Å². The molecule has 86 valence electrons. The maximum Gasteiger partial charge on any atom is 0.139 e. The average molecular weight is 218 g/mol. The first-order valence-electron chi connectivity index (χ1n) is 5.65. The Morgan fingerprint density at radius 2 is 2.31 bits per heavy atom. The maximum atomic E-state index is 7.57. The van der Waals surface area contributed by atoms with Crippen LogP contribution in [0.15, 0.2) is 12.1 Å². The van der Waals surface area contributed by atoms with E-state index in [0.29, 0.717) is 5.92 Å². The van der Waals surface area contributed by atoms with E-state index < -0.39 is 0 Å². The van der Waals surface area contributed by atoms with Crippen molar-refractivity contribution in [1.82, 2.24) is 4.98 Å². The molecule has 0 aliphatic carbocycles. The summed E-state index contributed by atoms with van der Waals surface area (Å²) in [5.41, 5.74) is 7.31. The molecule has 0 amide bonds. The Hall–Kier alpha value is -1.58. The van der Waals surface area contributed by atoms with Crippen LogP contribution in [0.2, 0.25) is 0 Å². The number of nitrogen functional groups attached to an aromatic ring is 1. The van der Waals surface area contributed by atoms with E-state index in [1.165, 1.54) is 6.42 Å². The van der Waals surface area contributed by atoms with Crippen LogP contribution >= 0.6 is 0 Å². The number of amidine groups is 1. The molecule has 4 heteroatoms. The molecule has 1 aliphatic heterocycles. The van der Waals surface area contributed by atoms with E-state index in [-0.39, 0.29) is 5.84 Å². The molecule has 3 N–H and O–H groups in total. The van der Waals surface area contributed by atoms with Gasteiger partial charge in [-0.25, -0.2) is 4.98 Å². The highest BCUT2D eigenvalue weighted by atomic mass is 15.2. The van der Waals surface area contributed by atoms with Crippen LogP contribution in [0.3, 0.4) is 0 Å². The van der Waals surface area contributed by atoms with Crippen LogP contribution < -0.4 is 10.6 Å². The number of hydrogen-bond donors (Lipinski definition) is 2. The maximum absolute atomic E-state index is 7.57. The summed E-state index contributed by atoms with van der Waals surface area (Å²) in [6.07, 6.45) is 1.19. The molecule has 16 heavy (non-hydrogen) atoms. The van der Waals surface area contributed by atoms with Crippen molar-refractivity contribution < 1.29 is 0 Å². The second kappa shape index (κ2) is 4.12. The molecule has 1 saturated heterocycles. The number of hydrogen-bond acceptors (Lipinski definition) is 3. The van der Waals surface area contributed by atoms with Gasteiger partial charge in [-0.3, -0.25) is 5.41 Å². The van der Waals surface area contributed by atoms with Crippen molar-refractivity contribution in [3.8, 4) is 0 Å². The van der Waals surface area contributed by atoms with Crippen LogP contribution in [0.5, 0.6) is 0 Å². The molecular formula is C12H18N4. The fourth-order valence-corrected chi connectivity index (χ4v) is 2.12. The van der Waals surface area contributed by atoms with Crippen molar-refractivity contribution in [2.45, 2.75) is 20.3 Å². The van der Waals surface area contributed by atoms with Crippen LogP contribution in [0, 0.1) is 18.3 Å². The molecular weight excluding hydrogens is 200 g/mol. The van der Waals surface area contributed by atoms with Gasteiger partial charge in [0, 0.05) is 18.8 Å². The lowest BCUT2D eigenvalue weighted by Gasteiger charge is -2.20. The predicted molar refractivity (Wildman–Crippen MR) is 66.0 cm³/mol. The van der Waals surface area contributed by atoms with Crippen molar-refractivity contribution in [2.24, 2.45) is 11.7 Å². The Morgan fingerprint density at radius 1 is 1.56 bits per heavy atom. The third kappa shape index (κ3) is 2.01. The van der Waals surface area contributed by atoms with Crippen molar-refractivity contribution in [3.05, 3.63) is 23.4 Å². The van der Waals surface area contributed by atoms with Crippen LogP contribution in [-0.4, -0.2) is 23.9 Å². The van der Waals surface area contributed by atoms with Gasteiger partial charge >= 0.3 is 0 Å². The quantitative estimate of drug-likeness (QED) is 0.584. The zero-order valence-electron chi connectivity index (χ0n) is 9.83. The van der Waals surface area contributed by atoms with Gasteiger partial charge in [-0.05, 0) is 31.4 Å². The SMILES string of the molecule is Cc1ccc(C(=N)N)c(N2CCC(C)C2)n1. The Kier molecular flexibility index (Phi) is 2.81. The van der Waals surface area contributed by atoms with Crippen LogP contribution in [0.1, 0.15) is 24.6 Å². The van der Waals surface area contributed by atoms with Crippen molar-refractivity contribution >= 4 is 11.7 Å². The number of nitrogens with one attached hydrogen (secondary N) is 1. The summed E-state index contributed by atoms with van der Waals surface area (Å²) in [4.78, 5) is 6.75. The van der Waals surface area contributed by atoms with Gasteiger partial charge in [0.25, 0.3) is 0 Å². The first-order valence-corrected chi connectivity index (χ1v) is 5.65. The summed E-state index contributed by atoms with van der Waals surface area (Å²) in [5.74, 6) is 1.67. The Labute approximate surface area is 96.0 Å². The average Bonchev–Trinajstić information content (AvgIpc) is 2.64. The van der Waals surface area contributed by atoms with Gasteiger partial charge in [-0.2, -0.15) is 0 Å². The number of aryl methyl sites for hydroxylation is 1. The Bertz CT molecular complexity index is 413. The van der Waals surface area contributed by atoms with E-state index in [0.717, 1.165) is 30.2 Å². The van der Waals surface area contributed by atoms with Crippen LogP contribution in [0.25, 0.3) is 0 Å². The second-order valence-corrected chi connectivity index (χ2v) is 4.58. The highest BCUT2D eigenvalue weighted by Gasteiger charge is 2.22. The molecule has 0 saturated carbocycles. The number of pyridine rings is 1. The Balaban J connectivity index is 2.37. The third-order valence-electron chi connectivity index (χ3n) is 3.03. The Morgan fingerprint density at radius 3 is 2.88 bits per heavy atom. The standard InChI is InChI=1S/C12H18N4/c1-8-5-6-16(7-8)12-10(11(13)14)4-3-9(2)15-12/h3-4,8H,5-7H2,1-2H3,(H3,13,14). The molecule has 0 aromatic carbocycles. The van der Waals surface area contributed by atoms with E-state index in [4.69, 9.17) is 11.1 Å². The molecule has 1 aliphatic rings. The van der Waals surface area contributed by atoms with Crippen molar-refractivity contribution in [2.75, 3.05) is 18.0 Å². The molecule has 1 unspecified atom stereocenters. The molecule has 0 bridgehead atoms. The number of aromatic nitrogens is 1. The number of rotatable bonds is 2. The zero-order chi connectivity index (χ0) is 11.7. The van der Waals surface area contributed by atoms with Gasteiger partial charge in [-0.1, -0.05) is 6.92 Å². The number of nitrogens with zero attached hydrogens (tertiary/aromatic N) is 2. The van der Waals surface area contributed by atoms with Gasteiger partial charge in [0.05, 0.1) is 5.56 Å². The van der Waals surface area contributed by atoms with E-state index in [1.54, 1.807) is 0 Å². The van der Waals surface area contributed by atoms with E-state index in [9.17, 15) is 0 Å². The summed E-state index contributed by atoms with van der Waals surface area (Å²) >= 11 is 0. The lowest BCUT2D eigenvalue weighted by Crippen LogP contribution is -2.25. The molecule has 2 rings (SSSR count). The summed E-state index contributed by atoms with van der Waals surface area (Å²) < 4.78 is 0. The molecule has 1 atom stereocenters. The fourth-order valence-electron chi connectivity index (χ4n) is 2.12. The smallest absolute Gasteiger partial charge is 0.139 e.